The third-order valence-electron chi connectivity index (χ3n) is 4.45. The second-order valence-electron chi connectivity index (χ2n) is 6.63. The van der Waals surface area contributed by atoms with E-state index < -0.39 is 11.9 Å². The Hall–Kier alpha value is -3.31. The van der Waals surface area contributed by atoms with Gasteiger partial charge in [0.25, 0.3) is 0 Å². The Kier molecular flexibility index (Phi) is 6.47. The van der Waals surface area contributed by atoms with Crippen molar-refractivity contribution < 1.29 is 19.1 Å². The van der Waals surface area contributed by atoms with Gasteiger partial charge in [0, 0.05) is 0 Å². The van der Waals surface area contributed by atoms with Gasteiger partial charge in [0.15, 0.2) is 12.4 Å². The summed E-state index contributed by atoms with van der Waals surface area (Å²) in [5.74, 6) is -0.312. The Labute approximate surface area is 191 Å². The van der Waals surface area contributed by atoms with Crippen molar-refractivity contribution in [3.05, 3.63) is 46.7 Å². The van der Waals surface area contributed by atoms with Gasteiger partial charge >= 0.3 is 11.9 Å². The molecule has 2 N–H and O–H groups in total. The fourth-order valence-electron chi connectivity index (χ4n) is 3.00. The molecule has 0 amide bonds. The SMILES string of the molecule is CCOC(=O)c1sc2nc(COC(=O)CSc3cnc4ccccc4n3)nc(N)c2c1C. The van der Waals surface area contributed by atoms with Crippen LogP contribution in [0.5, 0.6) is 0 Å². The summed E-state index contributed by atoms with van der Waals surface area (Å²) in [6.45, 7) is 3.66. The summed E-state index contributed by atoms with van der Waals surface area (Å²) < 4.78 is 10.4. The number of thioether (sulfide) groups is 1. The van der Waals surface area contributed by atoms with Gasteiger partial charge in [-0.15, -0.1) is 11.3 Å². The number of esters is 2. The molecule has 32 heavy (non-hydrogen) atoms. The highest BCUT2D eigenvalue weighted by atomic mass is 32.2. The molecule has 1 aromatic carbocycles. The summed E-state index contributed by atoms with van der Waals surface area (Å²) >= 11 is 2.41. The number of nitrogen functional groups attached to an aromatic ring is 1. The smallest absolute Gasteiger partial charge is 0.348 e. The minimum atomic E-state index is -0.443. The quantitative estimate of drug-likeness (QED) is 0.317. The molecule has 0 atom stereocenters. The van der Waals surface area contributed by atoms with Crippen LogP contribution in [0.2, 0.25) is 0 Å². The van der Waals surface area contributed by atoms with Crippen molar-refractivity contribution in [3.8, 4) is 0 Å². The first-order valence-corrected chi connectivity index (χ1v) is 11.5. The summed E-state index contributed by atoms with van der Waals surface area (Å²) in [6.07, 6.45) is 1.62. The van der Waals surface area contributed by atoms with E-state index in [0.717, 1.165) is 11.0 Å². The number of fused-ring (bicyclic) bond motifs is 2. The summed E-state index contributed by atoms with van der Waals surface area (Å²) in [5.41, 5.74) is 8.31. The molecular formula is C21H19N5O4S2. The van der Waals surface area contributed by atoms with Crippen LogP contribution >= 0.6 is 23.1 Å². The molecule has 9 nitrogen and oxygen atoms in total. The zero-order valence-corrected chi connectivity index (χ0v) is 19.0. The third kappa shape index (κ3) is 4.63. The molecule has 0 saturated carbocycles. The number of nitrogens with two attached hydrogens (primary N) is 1. The zero-order chi connectivity index (χ0) is 22.7. The van der Waals surface area contributed by atoms with Gasteiger partial charge in [0.2, 0.25) is 0 Å². The predicted molar refractivity (Wildman–Crippen MR) is 123 cm³/mol. The van der Waals surface area contributed by atoms with Crippen molar-refractivity contribution in [2.45, 2.75) is 25.5 Å². The minimum Gasteiger partial charge on any atom is -0.462 e. The van der Waals surface area contributed by atoms with E-state index in [2.05, 4.69) is 19.9 Å². The first-order valence-electron chi connectivity index (χ1n) is 9.69. The molecule has 3 aromatic heterocycles. The van der Waals surface area contributed by atoms with E-state index in [-0.39, 0.29) is 30.6 Å². The van der Waals surface area contributed by atoms with Crippen molar-refractivity contribution in [2.75, 3.05) is 18.1 Å². The lowest BCUT2D eigenvalue weighted by atomic mass is 10.2. The number of hydrogen-bond donors (Lipinski definition) is 1. The second kappa shape index (κ2) is 9.45. The molecule has 0 radical (unpaired) electrons. The largest absolute Gasteiger partial charge is 0.462 e. The van der Waals surface area contributed by atoms with Crippen molar-refractivity contribution in [1.82, 2.24) is 19.9 Å². The maximum absolute atomic E-state index is 12.2. The van der Waals surface area contributed by atoms with Crippen molar-refractivity contribution in [2.24, 2.45) is 0 Å². The van der Waals surface area contributed by atoms with Gasteiger partial charge in [-0.2, -0.15) is 0 Å². The molecule has 0 unspecified atom stereocenters. The Morgan fingerprint density at radius 2 is 1.91 bits per heavy atom. The second-order valence-corrected chi connectivity index (χ2v) is 8.62. The minimum absolute atomic E-state index is 0.0653. The van der Waals surface area contributed by atoms with E-state index in [4.69, 9.17) is 15.2 Å². The topological polar surface area (TPSA) is 130 Å². The number of hydrogen-bond acceptors (Lipinski definition) is 11. The van der Waals surface area contributed by atoms with Gasteiger partial charge in [-0.05, 0) is 31.5 Å². The molecule has 164 valence electrons. The number of anilines is 1. The van der Waals surface area contributed by atoms with Gasteiger partial charge < -0.3 is 15.2 Å². The Balaban J connectivity index is 1.40. The molecule has 4 rings (SSSR count). The van der Waals surface area contributed by atoms with Crippen LogP contribution in [0.4, 0.5) is 5.82 Å². The summed E-state index contributed by atoms with van der Waals surface area (Å²) in [7, 11) is 0. The molecule has 0 spiro atoms. The van der Waals surface area contributed by atoms with Crippen molar-refractivity contribution >= 4 is 62.1 Å². The van der Waals surface area contributed by atoms with Gasteiger partial charge in [-0.25, -0.2) is 19.7 Å². The molecule has 0 aliphatic heterocycles. The fourth-order valence-corrected chi connectivity index (χ4v) is 4.74. The molecule has 3 heterocycles. The zero-order valence-electron chi connectivity index (χ0n) is 17.3. The van der Waals surface area contributed by atoms with Crippen LogP contribution in [0.1, 0.15) is 28.0 Å². The van der Waals surface area contributed by atoms with E-state index in [1.165, 1.54) is 23.1 Å². The summed E-state index contributed by atoms with van der Waals surface area (Å²) in [5, 5.41) is 1.24. The maximum Gasteiger partial charge on any atom is 0.348 e. The number of ether oxygens (including phenoxy) is 2. The number of thiophene rings is 1. The number of aromatic nitrogens is 4. The number of carbonyl (C=O) groups is 2. The van der Waals surface area contributed by atoms with Crippen LogP contribution in [0.3, 0.4) is 0 Å². The number of nitrogens with zero attached hydrogens (tertiary/aromatic N) is 4. The predicted octanol–water partition coefficient (Wildman–Crippen LogP) is 3.54. The first kappa shape index (κ1) is 21.9. The fraction of sp³-hybridized carbons (Fsp3) is 0.238. The van der Waals surface area contributed by atoms with E-state index in [9.17, 15) is 9.59 Å². The van der Waals surface area contributed by atoms with Crippen LogP contribution < -0.4 is 5.73 Å². The lowest BCUT2D eigenvalue weighted by Gasteiger charge is -2.06. The number of aryl methyl sites for hydroxylation is 1. The van der Waals surface area contributed by atoms with Crippen LogP contribution in [0.15, 0.2) is 35.5 Å². The molecule has 11 heteroatoms. The van der Waals surface area contributed by atoms with Gasteiger partial charge in [-0.1, -0.05) is 23.9 Å². The Morgan fingerprint density at radius 3 is 2.69 bits per heavy atom. The van der Waals surface area contributed by atoms with E-state index in [1.54, 1.807) is 20.0 Å². The highest BCUT2D eigenvalue weighted by Gasteiger charge is 2.20. The van der Waals surface area contributed by atoms with Crippen LogP contribution in [-0.2, 0) is 20.9 Å². The average molecular weight is 470 g/mol. The van der Waals surface area contributed by atoms with Crippen LogP contribution in [-0.4, -0.2) is 44.2 Å². The van der Waals surface area contributed by atoms with Crippen LogP contribution in [0.25, 0.3) is 21.3 Å². The van der Waals surface area contributed by atoms with E-state index in [0.29, 0.717) is 25.7 Å². The van der Waals surface area contributed by atoms with Gasteiger partial charge in [0.1, 0.15) is 20.6 Å². The highest BCUT2D eigenvalue weighted by molar-refractivity contribution is 7.99. The molecule has 0 aliphatic rings. The summed E-state index contributed by atoms with van der Waals surface area (Å²) in [4.78, 5) is 42.7. The van der Waals surface area contributed by atoms with Gasteiger partial charge in [0.05, 0.1) is 35.0 Å². The van der Waals surface area contributed by atoms with E-state index >= 15 is 0 Å². The highest BCUT2D eigenvalue weighted by Crippen LogP contribution is 2.33. The Morgan fingerprint density at radius 1 is 1.12 bits per heavy atom. The molecule has 0 bridgehead atoms. The number of carbonyl (C=O) groups excluding carboxylic acids is 2. The number of benzene rings is 1. The Bertz CT molecular complexity index is 1320. The molecule has 0 aliphatic carbocycles. The molecule has 0 saturated heterocycles. The summed E-state index contributed by atoms with van der Waals surface area (Å²) in [6, 6.07) is 7.51. The molecule has 0 fully saturated rings. The number of rotatable bonds is 7. The van der Waals surface area contributed by atoms with E-state index in [1.807, 2.05) is 24.3 Å². The van der Waals surface area contributed by atoms with Gasteiger partial charge in [-0.3, -0.25) is 9.78 Å². The molecular weight excluding hydrogens is 450 g/mol. The van der Waals surface area contributed by atoms with Crippen molar-refractivity contribution in [3.63, 3.8) is 0 Å². The number of para-hydroxylation sites is 2. The first-order chi connectivity index (χ1) is 15.5. The van der Waals surface area contributed by atoms with Crippen molar-refractivity contribution in [1.29, 1.82) is 0 Å². The lowest BCUT2D eigenvalue weighted by molar-refractivity contribution is -0.141. The standard InChI is InChI=1S/C21H19N5O4S2/c1-3-29-21(28)18-11(2)17-19(22)25-14(26-20(17)32-18)9-30-16(27)10-31-15-8-23-12-6-4-5-7-13(12)24-15/h4-8H,3,9-10H2,1-2H3,(H2,22,25,26). The maximum atomic E-state index is 12.2. The lowest BCUT2D eigenvalue weighted by Crippen LogP contribution is -2.10. The van der Waals surface area contributed by atoms with Crippen LogP contribution in [0, 0.1) is 6.92 Å². The average Bonchev–Trinajstić information content (AvgIpc) is 3.13. The third-order valence-corrected chi connectivity index (χ3v) is 6.49. The molecule has 4 aromatic rings. The normalized spacial score (nSPS) is 11.1. The monoisotopic (exact) mass is 469 g/mol.